The van der Waals surface area contributed by atoms with Crippen molar-refractivity contribution in [3.05, 3.63) is 64.0 Å². The van der Waals surface area contributed by atoms with Gasteiger partial charge in [-0.15, -0.1) is 0 Å². The summed E-state index contributed by atoms with van der Waals surface area (Å²) in [5.74, 6) is -0.414. The second kappa shape index (κ2) is 6.17. The number of carbonyl (C=O) groups is 1. The van der Waals surface area contributed by atoms with Crippen LogP contribution in [-0.2, 0) is 0 Å². The predicted octanol–water partition coefficient (Wildman–Crippen LogP) is 3.59. The number of hydrogen-bond donors (Lipinski definition) is 1. The third-order valence-electron chi connectivity index (χ3n) is 3.16. The number of imidazole rings is 1. The molecule has 0 bridgehead atoms. The van der Waals surface area contributed by atoms with Crippen molar-refractivity contribution in [3.8, 4) is 0 Å². The number of aromatic nitrogens is 2. The third kappa shape index (κ3) is 3.37. The van der Waals surface area contributed by atoms with Crippen molar-refractivity contribution in [2.45, 2.75) is 5.16 Å². The molecule has 0 fully saturated rings. The summed E-state index contributed by atoms with van der Waals surface area (Å²) in [6, 6.07) is 9.65. The van der Waals surface area contributed by atoms with Gasteiger partial charge in [-0.25, -0.2) is 9.37 Å². The maximum Gasteiger partial charge on any atom is 0.271 e. The lowest BCUT2D eigenvalue weighted by Crippen LogP contribution is -2.02. The quantitative estimate of drug-likeness (QED) is 0.334. The van der Waals surface area contributed by atoms with Crippen LogP contribution in [0.25, 0.3) is 11.0 Å². The fourth-order valence-electron chi connectivity index (χ4n) is 2.01. The smallest absolute Gasteiger partial charge is 0.271 e. The Labute approximate surface area is 133 Å². The molecule has 0 amide bonds. The van der Waals surface area contributed by atoms with E-state index in [2.05, 4.69) is 9.97 Å². The van der Waals surface area contributed by atoms with Gasteiger partial charge >= 0.3 is 0 Å². The summed E-state index contributed by atoms with van der Waals surface area (Å²) in [5, 5.41) is 11.2. The van der Waals surface area contributed by atoms with Crippen molar-refractivity contribution >= 4 is 34.3 Å². The van der Waals surface area contributed by atoms with Crippen LogP contribution in [0.5, 0.6) is 0 Å². The van der Waals surface area contributed by atoms with Gasteiger partial charge in [0.05, 0.1) is 21.7 Å². The number of fused-ring (bicyclic) bond motifs is 1. The molecule has 23 heavy (non-hydrogen) atoms. The number of nitrogens with zero attached hydrogens (tertiary/aromatic N) is 2. The van der Waals surface area contributed by atoms with Gasteiger partial charge < -0.3 is 4.98 Å². The molecule has 3 aromatic rings. The van der Waals surface area contributed by atoms with Crippen LogP contribution in [0, 0.1) is 15.9 Å². The fraction of sp³-hybridized carbons (Fsp3) is 0.0667. The molecule has 1 heterocycles. The molecule has 0 aliphatic rings. The molecular weight excluding hydrogens is 321 g/mol. The summed E-state index contributed by atoms with van der Waals surface area (Å²) >= 11 is 1.19. The standard InChI is InChI=1S/C15H10FN3O3S/c16-10-3-1-9(2-4-10)14(20)8-23-15-17-12-6-5-11(19(21)22)7-13(12)18-15/h1-7H,8H2,(H,17,18). The van der Waals surface area contributed by atoms with Gasteiger partial charge in [-0.1, -0.05) is 11.8 Å². The number of aromatic amines is 1. The summed E-state index contributed by atoms with van der Waals surface area (Å²) in [7, 11) is 0. The van der Waals surface area contributed by atoms with E-state index >= 15 is 0 Å². The number of hydrogen-bond acceptors (Lipinski definition) is 5. The van der Waals surface area contributed by atoms with E-state index in [1.807, 2.05) is 0 Å². The van der Waals surface area contributed by atoms with E-state index in [0.29, 0.717) is 21.8 Å². The van der Waals surface area contributed by atoms with Crippen molar-refractivity contribution < 1.29 is 14.1 Å². The molecular formula is C15H10FN3O3S. The summed E-state index contributed by atoms with van der Waals surface area (Å²) in [6.45, 7) is 0. The van der Waals surface area contributed by atoms with E-state index in [0.717, 1.165) is 0 Å². The zero-order chi connectivity index (χ0) is 16.4. The number of benzene rings is 2. The van der Waals surface area contributed by atoms with Crippen LogP contribution in [-0.4, -0.2) is 26.4 Å². The molecule has 0 atom stereocenters. The molecule has 1 aromatic heterocycles. The lowest BCUT2D eigenvalue weighted by molar-refractivity contribution is -0.384. The molecule has 0 aliphatic heterocycles. The molecule has 0 spiro atoms. The first kappa shape index (κ1) is 15.2. The molecule has 0 radical (unpaired) electrons. The molecule has 3 rings (SSSR count). The first-order chi connectivity index (χ1) is 11.0. The summed E-state index contributed by atoms with van der Waals surface area (Å²) < 4.78 is 12.8. The van der Waals surface area contributed by atoms with Crippen LogP contribution >= 0.6 is 11.8 Å². The summed E-state index contributed by atoms with van der Waals surface area (Å²) in [4.78, 5) is 29.5. The maximum atomic E-state index is 12.8. The van der Waals surface area contributed by atoms with Crippen molar-refractivity contribution in [2.24, 2.45) is 0 Å². The molecule has 8 heteroatoms. The zero-order valence-electron chi connectivity index (χ0n) is 11.7. The van der Waals surface area contributed by atoms with E-state index in [1.54, 1.807) is 6.07 Å². The van der Waals surface area contributed by atoms with Crippen LogP contribution in [0.1, 0.15) is 10.4 Å². The SMILES string of the molecule is O=C(CSc1nc2ccc([N+](=O)[O-])cc2[nH]1)c1ccc(F)cc1. The molecule has 0 aliphatic carbocycles. The summed E-state index contributed by atoms with van der Waals surface area (Å²) in [5.41, 5.74) is 1.52. The Hall–Kier alpha value is -2.74. The first-order valence-corrected chi connectivity index (χ1v) is 7.57. The van der Waals surface area contributed by atoms with Gasteiger partial charge in [0.15, 0.2) is 10.9 Å². The molecule has 1 N–H and O–H groups in total. The molecule has 2 aromatic carbocycles. The Balaban J connectivity index is 1.72. The Morgan fingerprint density at radius 2 is 2.00 bits per heavy atom. The number of nitro benzene ring substituents is 1. The van der Waals surface area contributed by atoms with Gasteiger partial charge in [-0.05, 0) is 30.3 Å². The molecule has 6 nitrogen and oxygen atoms in total. The number of Topliss-reactive ketones (excluding diaryl/α,β-unsaturated/α-hetero) is 1. The lowest BCUT2D eigenvalue weighted by Gasteiger charge is -1.99. The Morgan fingerprint density at radius 3 is 2.70 bits per heavy atom. The number of non-ortho nitro benzene ring substituents is 1. The monoisotopic (exact) mass is 331 g/mol. The second-order valence-electron chi connectivity index (χ2n) is 4.72. The van der Waals surface area contributed by atoms with Crippen LogP contribution in [0.2, 0.25) is 0 Å². The minimum absolute atomic E-state index is 0.0277. The van der Waals surface area contributed by atoms with Crippen LogP contribution in [0.15, 0.2) is 47.6 Å². The minimum atomic E-state index is -0.481. The van der Waals surface area contributed by atoms with Gasteiger partial charge in [0, 0.05) is 17.7 Å². The maximum absolute atomic E-state index is 12.8. The average Bonchev–Trinajstić information content (AvgIpc) is 2.95. The van der Waals surface area contributed by atoms with Crippen LogP contribution in [0.4, 0.5) is 10.1 Å². The highest BCUT2D eigenvalue weighted by atomic mass is 32.2. The molecule has 0 saturated heterocycles. The van der Waals surface area contributed by atoms with E-state index < -0.39 is 10.7 Å². The highest BCUT2D eigenvalue weighted by molar-refractivity contribution is 7.99. The van der Waals surface area contributed by atoms with E-state index in [-0.39, 0.29) is 17.2 Å². The van der Waals surface area contributed by atoms with Gasteiger partial charge in [0.25, 0.3) is 5.69 Å². The van der Waals surface area contributed by atoms with Crippen molar-refractivity contribution in [1.82, 2.24) is 9.97 Å². The first-order valence-electron chi connectivity index (χ1n) is 6.58. The number of ketones is 1. The number of halogens is 1. The normalized spacial score (nSPS) is 10.8. The number of nitrogens with one attached hydrogen (secondary N) is 1. The number of thioether (sulfide) groups is 1. The zero-order valence-corrected chi connectivity index (χ0v) is 12.5. The Morgan fingerprint density at radius 1 is 1.26 bits per heavy atom. The molecule has 116 valence electrons. The van der Waals surface area contributed by atoms with Crippen molar-refractivity contribution in [1.29, 1.82) is 0 Å². The van der Waals surface area contributed by atoms with E-state index in [4.69, 9.17) is 0 Å². The Kier molecular flexibility index (Phi) is 4.07. The summed E-state index contributed by atoms with van der Waals surface area (Å²) in [6.07, 6.45) is 0. The van der Waals surface area contributed by atoms with Gasteiger partial charge in [0.2, 0.25) is 0 Å². The largest absolute Gasteiger partial charge is 0.333 e. The average molecular weight is 331 g/mol. The lowest BCUT2D eigenvalue weighted by atomic mass is 10.1. The predicted molar refractivity (Wildman–Crippen MR) is 84.2 cm³/mol. The number of H-pyrrole nitrogens is 1. The highest BCUT2D eigenvalue weighted by Crippen LogP contribution is 2.23. The molecule has 0 saturated carbocycles. The number of rotatable bonds is 5. The number of nitro groups is 1. The minimum Gasteiger partial charge on any atom is -0.333 e. The topological polar surface area (TPSA) is 88.9 Å². The molecule has 0 unspecified atom stereocenters. The van der Waals surface area contributed by atoms with Crippen LogP contribution < -0.4 is 0 Å². The van der Waals surface area contributed by atoms with Crippen molar-refractivity contribution in [3.63, 3.8) is 0 Å². The number of carbonyl (C=O) groups excluding carboxylic acids is 1. The Bertz CT molecular complexity index is 893. The van der Waals surface area contributed by atoms with Gasteiger partial charge in [-0.2, -0.15) is 0 Å². The third-order valence-corrected chi connectivity index (χ3v) is 4.03. The van der Waals surface area contributed by atoms with E-state index in [1.165, 1.54) is 48.2 Å². The van der Waals surface area contributed by atoms with Crippen LogP contribution in [0.3, 0.4) is 0 Å². The van der Waals surface area contributed by atoms with Gasteiger partial charge in [0.1, 0.15) is 5.82 Å². The fourth-order valence-corrected chi connectivity index (χ4v) is 2.79. The van der Waals surface area contributed by atoms with Gasteiger partial charge in [-0.3, -0.25) is 14.9 Å². The highest BCUT2D eigenvalue weighted by Gasteiger charge is 2.12. The van der Waals surface area contributed by atoms with E-state index in [9.17, 15) is 19.3 Å². The van der Waals surface area contributed by atoms with Crippen molar-refractivity contribution in [2.75, 3.05) is 5.75 Å². The second-order valence-corrected chi connectivity index (χ2v) is 5.68.